The molecule has 1 aliphatic heterocycles. The summed E-state index contributed by atoms with van der Waals surface area (Å²) < 4.78 is 5.27. The number of H-pyrrole nitrogens is 3. The molecular weight excluding hydrogens is 272 g/mol. The number of rotatable bonds is 2. The van der Waals surface area contributed by atoms with Gasteiger partial charge in [0.15, 0.2) is 5.65 Å². The van der Waals surface area contributed by atoms with Gasteiger partial charge in [0.05, 0.1) is 6.61 Å². The first-order chi connectivity index (χ1) is 9.51. The highest BCUT2D eigenvalue weighted by atomic mass is 16.6. The summed E-state index contributed by atoms with van der Waals surface area (Å²) in [7, 11) is 0. The summed E-state index contributed by atoms with van der Waals surface area (Å²) in [6.07, 6.45) is -4.55. The molecule has 1 saturated heterocycles. The Morgan fingerprint density at radius 2 is 1.90 bits per heavy atom. The van der Waals surface area contributed by atoms with Crippen molar-refractivity contribution in [3.8, 4) is 0 Å². The number of fused-ring (bicyclic) bond motifs is 1. The number of nitrogens with one attached hydrogen (secondary N) is 3. The number of ether oxygens (including phenoxy) is 1. The van der Waals surface area contributed by atoms with Crippen LogP contribution in [0.25, 0.3) is 11.2 Å². The van der Waals surface area contributed by atoms with Crippen molar-refractivity contribution in [3.63, 3.8) is 0 Å². The van der Waals surface area contributed by atoms with E-state index in [1.807, 2.05) is 4.98 Å². The van der Waals surface area contributed by atoms with Crippen LogP contribution in [0.5, 0.6) is 0 Å². The van der Waals surface area contributed by atoms with E-state index < -0.39 is 42.3 Å². The third-order valence-electron chi connectivity index (χ3n) is 3.22. The Morgan fingerprint density at radius 3 is 2.55 bits per heavy atom. The molecule has 1 fully saturated rings. The lowest BCUT2D eigenvalue weighted by atomic mass is 10.1. The Kier molecular flexibility index (Phi) is 2.94. The number of aromatic nitrogens is 4. The second kappa shape index (κ2) is 4.52. The van der Waals surface area contributed by atoms with E-state index in [9.17, 15) is 19.8 Å². The first-order valence-corrected chi connectivity index (χ1v) is 5.86. The largest absolute Gasteiger partial charge is 0.394 e. The van der Waals surface area contributed by atoms with Gasteiger partial charge in [-0.2, -0.15) is 0 Å². The maximum Gasteiger partial charge on any atom is 0.327 e. The molecule has 1 unspecified atom stereocenters. The van der Waals surface area contributed by atoms with Gasteiger partial charge in [0.2, 0.25) is 0 Å². The van der Waals surface area contributed by atoms with Gasteiger partial charge in [0.1, 0.15) is 35.8 Å². The van der Waals surface area contributed by atoms with E-state index in [0.717, 1.165) is 0 Å². The maximum absolute atomic E-state index is 11.6. The second-order valence-electron chi connectivity index (χ2n) is 4.51. The zero-order valence-electron chi connectivity index (χ0n) is 10.0. The van der Waals surface area contributed by atoms with E-state index in [0.29, 0.717) is 0 Å². The molecule has 3 rings (SSSR count). The SMILES string of the molecule is O=c1[nH]c(=O)c2[nH]c(C3O[C@H](CO)[C@@H](O)[C@H]3O)nc2[nH]1. The van der Waals surface area contributed by atoms with Crippen LogP contribution in [0.1, 0.15) is 11.9 Å². The summed E-state index contributed by atoms with van der Waals surface area (Å²) in [4.78, 5) is 33.6. The zero-order chi connectivity index (χ0) is 14.4. The molecule has 4 atom stereocenters. The van der Waals surface area contributed by atoms with Crippen molar-refractivity contribution in [2.75, 3.05) is 6.61 Å². The number of hydrogen-bond acceptors (Lipinski definition) is 7. The third kappa shape index (κ3) is 1.86. The standard InChI is InChI=1S/C10H12N4O6/c15-1-2-4(16)5(17)6(20-2)8-11-3-7(12-8)13-10(19)14-9(3)18/h2,4-6,15-17H,1H2,(H3,11,12,13,14,18,19)/t2-,4-,5-,6?/m1/s1. The van der Waals surface area contributed by atoms with Gasteiger partial charge in [0, 0.05) is 0 Å². The summed E-state index contributed by atoms with van der Waals surface area (Å²) in [5, 5.41) is 28.5. The Hall–Kier alpha value is -2.01. The fourth-order valence-electron chi connectivity index (χ4n) is 2.21. The molecule has 1 aliphatic rings. The van der Waals surface area contributed by atoms with Crippen LogP contribution in [0.3, 0.4) is 0 Å². The first kappa shape index (κ1) is 13.0. The molecule has 0 spiro atoms. The van der Waals surface area contributed by atoms with Gasteiger partial charge >= 0.3 is 5.69 Å². The molecule has 2 aromatic rings. The predicted molar refractivity (Wildman–Crippen MR) is 64.0 cm³/mol. The first-order valence-electron chi connectivity index (χ1n) is 5.86. The monoisotopic (exact) mass is 284 g/mol. The highest BCUT2D eigenvalue weighted by Gasteiger charge is 2.44. The van der Waals surface area contributed by atoms with Gasteiger partial charge in [0.25, 0.3) is 5.56 Å². The van der Waals surface area contributed by atoms with Crippen molar-refractivity contribution < 1.29 is 20.1 Å². The Balaban J connectivity index is 2.05. The normalized spacial score (nSPS) is 30.1. The number of nitrogens with zero attached hydrogens (tertiary/aromatic N) is 1. The van der Waals surface area contributed by atoms with Crippen LogP contribution in [0.15, 0.2) is 9.59 Å². The highest BCUT2D eigenvalue weighted by Crippen LogP contribution is 2.32. The summed E-state index contributed by atoms with van der Waals surface area (Å²) in [6.45, 7) is -0.466. The number of aliphatic hydroxyl groups excluding tert-OH is 3. The van der Waals surface area contributed by atoms with Gasteiger partial charge in [-0.05, 0) is 0 Å². The smallest absolute Gasteiger partial charge is 0.327 e. The van der Waals surface area contributed by atoms with E-state index in [1.165, 1.54) is 0 Å². The molecule has 20 heavy (non-hydrogen) atoms. The maximum atomic E-state index is 11.6. The topological polar surface area (TPSA) is 164 Å². The summed E-state index contributed by atoms with van der Waals surface area (Å²) in [6, 6.07) is 0. The van der Waals surface area contributed by atoms with E-state index in [4.69, 9.17) is 9.84 Å². The number of aliphatic hydroxyl groups is 3. The molecule has 0 amide bonds. The van der Waals surface area contributed by atoms with Crippen LogP contribution in [0, 0.1) is 0 Å². The molecule has 3 heterocycles. The Morgan fingerprint density at radius 1 is 1.15 bits per heavy atom. The van der Waals surface area contributed by atoms with Crippen LogP contribution in [0.4, 0.5) is 0 Å². The zero-order valence-corrected chi connectivity index (χ0v) is 10.0. The van der Waals surface area contributed by atoms with Gasteiger partial charge in [-0.25, -0.2) is 9.78 Å². The van der Waals surface area contributed by atoms with E-state index in [-0.39, 0.29) is 17.0 Å². The molecule has 0 bridgehead atoms. The predicted octanol–water partition coefficient (Wildman–Crippen LogP) is -2.91. The highest BCUT2D eigenvalue weighted by molar-refractivity contribution is 5.68. The van der Waals surface area contributed by atoms with E-state index in [1.54, 1.807) is 0 Å². The average molecular weight is 284 g/mol. The van der Waals surface area contributed by atoms with Crippen LogP contribution in [0.2, 0.25) is 0 Å². The summed E-state index contributed by atoms with van der Waals surface area (Å²) in [5.41, 5.74) is -1.32. The number of aromatic amines is 3. The van der Waals surface area contributed by atoms with Gasteiger partial charge in [-0.1, -0.05) is 0 Å². The summed E-state index contributed by atoms with van der Waals surface area (Å²) >= 11 is 0. The molecule has 2 aromatic heterocycles. The van der Waals surface area contributed by atoms with Gasteiger partial charge < -0.3 is 25.0 Å². The minimum atomic E-state index is -1.31. The lowest BCUT2D eigenvalue weighted by Crippen LogP contribution is -2.32. The molecule has 0 radical (unpaired) electrons. The molecule has 6 N–H and O–H groups in total. The van der Waals surface area contributed by atoms with Gasteiger partial charge in [-0.15, -0.1) is 0 Å². The van der Waals surface area contributed by atoms with Crippen molar-refractivity contribution in [3.05, 3.63) is 26.7 Å². The van der Waals surface area contributed by atoms with Crippen LogP contribution >= 0.6 is 0 Å². The van der Waals surface area contributed by atoms with E-state index >= 15 is 0 Å². The Bertz CT molecular complexity index is 748. The fraction of sp³-hybridized carbons (Fsp3) is 0.500. The molecule has 10 heteroatoms. The molecule has 10 nitrogen and oxygen atoms in total. The molecule has 108 valence electrons. The Labute approximate surface area is 110 Å². The lowest BCUT2D eigenvalue weighted by molar-refractivity contribution is -0.0249. The number of hydrogen-bond donors (Lipinski definition) is 6. The molecule has 0 saturated carbocycles. The van der Waals surface area contributed by atoms with E-state index in [2.05, 4.69) is 15.0 Å². The van der Waals surface area contributed by atoms with Crippen molar-refractivity contribution in [1.29, 1.82) is 0 Å². The molecular formula is C10H12N4O6. The number of imidazole rings is 1. The van der Waals surface area contributed by atoms with Crippen LogP contribution in [-0.4, -0.2) is 60.2 Å². The lowest BCUT2D eigenvalue weighted by Gasteiger charge is -2.11. The van der Waals surface area contributed by atoms with Gasteiger partial charge in [-0.3, -0.25) is 14.8 Å². The quantitative estimate of drug-likeness (QED) is 0.344. The van der Waals surface area contributed by atoms with Crippen molar-refractivity contribution in [2.24, 2.45) is 0 Å². The summed E-state index contributed by atoms with van der Waals surface area (Å²) in [5.74, 6) is 0.0786. The second-order valence-corrected chi connectivity index (χ2v) is 4.51. The molecule has 0 aliphatic carbocycles. The van der Waals surface area contributed by atoms with Crippen molar-refractivity contribution in [1.82, 2.24) is 19.9 Å². The minimum Gasteiger partial charge on any atom is -0.394 e. The fourth-order valence-corrected chi connectivity index (χ4v) is 2.21. The molecule has 0 aromatic carbocycles. The van der Waals surface area contributed by atoms with Crippen LogP contribution in [-0.2, 0) is 4.74 Å². The minimum absolute atomic E-state index is 0.0199. The third-order valence-corrected chi connectivity index (χ3v) is 3.22. The van der Waals surface area contributed by atoms with Crippen molar-refractivity contribution >= 4 is 11.2 Å². The van der Waals surface area contributed by atoms with Crippen LogP contribution < -0.4 is 11.2 Å². The van der Waals surface area contributed by atoms with Crippen molar-refractivity contribution in [2.45, 2.75) is 24.4 Å². The average Bonchev–Trinajstić information content (AvgIpc) is 2.93.